The lowest BCUT2D eigenvalue weighted by atomic mass is 9.48. The minimum Gasteiger partial charge on any atom is -0.385 e. The summed E-state index contributed by atoms with van der Waals surface area (Å²) in [6, 6.07) is 0. The van der Waals surface area contributed by atoms with E-state index in [1.807, 2.05) is 0 Å². The molecule has 6 atom stereocenters. The van der Waals surface area contributed by atoms with Gasteiger partial charge in [-0.05, 0) is 73.5 Å². The molecule has 0 unspecified atom stereocenters. The van der Waals surface area contributed by atoms with Crippen molar-refractivity contribution in [3.05, 3.63) is 23.3 Å². The van der Waals surface area contributed by atoms with Crippen LogP contribution in [0.4, 0.5) is 0 Å². The lowest BCUT2D eigenvalue weighted by molar-refractivity contribution is -0.122. The molecule has 0 amide bonds. The van der Waals surface area contributed by atoms with E-state index in [9.17, 15) is 14.7 Å². The van der Waals surface area contributed by atoms with Crippen molar-refractivity contribution in [2.45, 2.75) is 98.0 Å². The molecule has 166 valence electrons. The Bertz CT molecular complexity index is 805. The average Bonchev–Trinajstić information content (AvgIpc) is 2.95. The summed E-state index contributed by atoms with van der Waals surface area (Å²) in [6.07, 6.45) is 12.2. The quantitative estimate of drug-likeness (QED) is 0.620. The summed E-state index contributed by atoms with van der Waals surface area (Å²) in [7, 11) is 0. The van der Waals surface area contributed by atoms with Crippen LogP contribution in [0.15, 0.2) is 23.3 Å². The van der Waals surface area contributed by atoms with Crippen molar-refractivity contribution in [1.29, 1.82) is 0 Å². The van der Waals surface area contributed by atoms with Crippen LogP contribution in [-0.4, -0.2) is 22.3 Å². The molecule has 0 aromatic carbocycles. The van der Waals surface area contributed by atoms with Gasteiger partial charge in [0.15, 0.2) is 11.6 Å². The monoisotopic (exact) mass is 412 g/mol. The van der Waals surface area contributed by atoms with Crippen molar-refractivity contribution >= 4 is 11.6 Å². The van der Waals surface area contributed by atoms with Crippen molar-refractivity contribution in [3.63, 3.8) is 0 Å². The van der Waals surface area contributed by atoms with Crippen LogP contribution in [0.5, 0.6) is 0 Å². The highest BCUT2D eigenvalue weighted by atomic mass is 16.3. The first-order chi connectivity index (χ1) is 14.0. The smallest absolute Gasteiger partial charge is 0.182 e. The van der Waals surface area contributed by atoms with Crippen LogP contribution in [0.3, 0.4) is 0 Å². The number of ketones is 2. The highest BCUT2D eigenvalue weighted by molar-refractivity contribution is 6.11. The van der Waals surface area contributed by atoms with Crippen LogP contribution in [-0.2, 0) is 9.59 Å². The number of hydrogen-bond acceptors (Lipinski definition) is 3. The first kappa shape index (κ1) is 22.0. The molecule has 0 aromatic rings. The predicted octanol–water partition coefficient (Wildman–Crippen LogP) is 5.81. The summed E-state index contributed by atoms with van der Waals surface area (Å²) < 4.78 is 0. The normalized spacial score (nSPS) is 41.7. The molecule has 0 bridgehead atoms. The van der Waals surface area contributed by atoms with Gasteiger partial charge in [0.2, 0.25) is 0 Å². The molecule has 0 aromatic heterocycles. The van der Waals surface area contributed by atoms with E-state index in [1.165, 1.54) is 19.3 Å². The summed E-state index contributed by atoms with van der Waals surface area (Å²) in [6.45, 7) is 11.4. The van der Waals surface area contributed by atoms with Crippen molar-refractivity contribution in [3.8, 4) is 0 Å². The standard InChI is InChI=1S/C27H40O3/c1-17(2)7-6-8-18(3)20-11-14-27(30)22-16-24(29)23-15-19(28)9-12-25(23,4)21(22)10-13-26(20,27)5/h15-18,20-21,30H,6-14H2,1-5H3/t18-,20-,21+,25-,26-,27-/m1/s1. The summed E-state index contributed by atoms with van der Waals surface area (Å²) in [5.41, 5.74) is 0.351. The number of hydrogen-bond donors (Lipinski definition) is 1. The number of allylic oxidation sites excluding steroid dienone is 3. The Balaban J connectivity index is 1.64. The lowest BCUT2D eigenvalue weighted by Gasteiger charge is -2.57. The number of fused-ring (bicyclic) bond motifs is 5. The van der Waals surface area contributed by atoms with E-state index >= 15 is 0 Å². The maximum absolute atomic E-state index is 13.1. The molecule has 4 rings (SSSR count). The zero-order valence-electron chi connectivity index (χ0n) is 19.6. The lowest BCUT2D eigenvalue weighted by Crippen LogP contribution is -2.57. The van der Waals surface area contributed by atoms with Crippen LogP contribution >= 0.6 is 0 Å². The SMILES string of the molecule is CC(C)CCC[C@@H](C)[C@H]1CC[C@@]2(O)C3=CC(=O)C4=CC(=O)CC[C@]4(C)[C@H]3CC[C@]12C. The Morgan fingerprint density at radius 1 is 1.03 bits per heavy atom. The molecule has 0 aliphatic heterocycles. The zero-order chi connectivity index (χ0) is 21.9. The zero-order valence-corrected chi connectivity index (χ0v) is 19.6. The van der Waals surface area contributed by atoms with E-state index in [1.54, 1.807) is 12.2 Å². The fourth-order valence-corrected chi connectivity index (χ4v) is 7.72. The van der Waals surface area contributed by atoms with Crippen molar-refractivity contribution in [1.82, 2.24) is 0 Å². The van der Waals surface area contributed by atoms with Gasteiger partial charge in [0.25, 0.3) is 0 Å². The molecule has 0 radical (unpaired) electrons. The molecular weight excluding hydrogens is 372 g/mol. The van der Waals surface area contributed by atoms with Crippen LogP contribution in [0.1, 0.15) is 92.4 Å². The van der Waals surface area contributed by atoms with E-state index in [0.29, 0.717) is 23.8 Å². The molecule has 4 aliphatic rings. The van der Waals surface area contributed by atoms with E-state index < -0.39 is 5.60 Å². The second-order valence-electron chi connectivity index (χ2n) is 11.7. The second-order valence-corrected chi connectivity index (χ2v) is 11.7. The topological polar surface area (TPSA) is 54.4 Å². The fraction of sp³-hybridized carbons (Fsp3) is 0.778. The number of aliphatic hydroxyl groups is 1. The Morgan fingerprint density at radius 3 is 2.47 bits per heavy atom. The Morgan fingerprint density at radius 2 is 1.77 bits per heavy atom. The third-order valence-corrected chi connectivity index (χ3v) is 9.65. The van der Waals surface area contributed by atoms with Crippen LogP contribution in [0.2, 0.25) is 0 Å². The number of carbonyl (C=O) groups is 2. The number of carbonyl (C=O) groups excluding carboxylic acids is 2. The van der Waals surface area contributed by atoms with Crippen LogP contribution in [0, 0.1) is 34.5 Å². The largest absolute Gasteiger partial charge is 0.385 e. The molecule has 4 aliphatic carbocycles. The van der Waals surface area contributed by atoms with E-state index in [-0.39, 0.29) is 28.3 Å². The molecule has 3 heteroatoms. The minimum absolute atomic E-state index is 0.0390. The maximum Gasteiger partial charge on any atom is 0.182 e. The third kappa shape index (κ3) is 3.10. The van der Waals surface area contributed by atoms with Gasteiger partial charge in [-0.1, -0.05) is 53.9 Å². The van der Waals surface area contributed by atoms with E-state index in [4.69, 9.17) is 0 Å². The predicted molar refractivity (Wildman–Crippen MR) is 120 cm³/mol. The van der Waals surface area contributed by atoms with Gasteiger partial charge in [-0.15, -0.1) is 0 Å². The molecule has 2 fully saturated rings. The van der Waals surface area contributed by atoms with Crippen molar-refractivity contribution in [2.75, 3.05) is 0 Å². The number of rotatable bonds is 5. The Hall–Kier alpha value is -1.22. The summed E-state index contributed by atoms with van der Waals surface area (Å²) >= 11 is 0. The molecule has 30 heavy (non-hydrogen) atoms. The van der Waals surface area contributed by atoms with Crippen LogP contribution in [0.25, 0.3) is 0 Å². The van der Waals surface area contributed by atoms with E-state index in [2.05, 4.69) is 34.6 Å². The maximum atomic E-state index is 13.1. The van der Waals surface area contributed by atoms with Gasteiger partial charge in [0.1, 0.15) is 0 Å². The van der Waals surface area contributed by atoms with Gasteiger partial charge in [-0.2, -0.15) is 0 Å². The molecule has 0 heterocycles. The molecular formula is C27H40O3. The first-order valence-electron chi connectivity index (χ1n) is 12.3. The van der Waals surface area contributed by atoms with Gasteiger partial charge in [-0.25, -0.2) is 0 Å². The highest BCUT2D eigenvalue weighted by Gasteiger charge is 2.65. The molecule has 2 saturated carbocycles. The van der Waals surface area contributed by atoms with Gasteiger partial charge in [-0.3, -0.25) is 9.59 Å². The molecule has 0 spiro atoms. The summed E-state index contributed by atoms with van der Waals surface area (Å²) in [5.74, 6) is 2.06. The summed E-state index contributed by atoms with van der Waals surface area (Å²) in [5, 5.41) is 12.2. The first-order valence-corrected chi connectivity index (χ1v) is 12.3. The third-order valence-electron chi connectivity index (χ3n) is 9.65. The van der Waals surface area contributed by atoms with Crippen molar-refractivity contribution < 1.29 is 14.7 Å². The minimum atomic E-state index is -0.876. The molecule has 0 saturated heterocycles. The van der Waals surface area contributed by atoms with Gasteiger partial charge < -0.3 is 5.11 Å². The van der Waals surface area contributed by atoms with Crippen molar-refractivity contribution in [2.24, 2.45) is 34.5 Å². The van der Waals surface area contributed by atoms with Crippen LogP contribution < -0.4 is 0 Å². The second kappa shape index (κ2) is 7.43. The molecule has 1 N–H and O–H groups in total. The van der Waals surface area contributed by atoms with Gasteiger partial charge in [0.05, 0.1) is 5.60 Å². The Kier molecular flexibility index (Phi) is 5.45. The van der Waals surface area contributed by atoms with E-state index in [0.717, 1.165) is 43.6 Å². The summed E-state index contributed by atoms with van der Waals surface area (Å²) in [4.78, 5) is 25.1. The fourth-order valence-electron chi connectivity index (χ4n) is 7.72. The van der Waals surface area contributed by atoms with Gasteiger partial charge in [0, 0.05) is 22.8 Å². The highest BCUT2D eigenvalue weighted by Crippen LogP contribution is 2.67. The Labute approximate surface area is 182 Å². The van der Waals surface area contributed by atoms with Gasteiger partial charge >= 0.3 is 0 Å². The average molecular weight is 413 g/mol. The molecule has 3 nitrogen and oxygen atoms in total.